The van der Waals surface area contributed by atoms with Crippen LogP contribution in [0.1, 0.15) is 273 Å². The van der Waals surface area contributed by atoms with Crippen LogP contribution in [0.5, 0.6) is 0 Å². The molecule has 0 aromatic carbocycles. The maximum Gasteiger partial charge on any atom is 0.243 e. The van der Waals surface area contributed by atoms with E-state index in [-0.39, 0.29) is 35.5 Å². The lowest BCUT2D eigenvalue weighted by molar-refractivity contribution is -0.142. The molecule has 0 radical (unpaired) electrons. The molecule has 438 valence electrons. The molecule has 4 N–H and O–H groups in total. The minimum absolute atomic E-state index is 0.000565. The van der Waals surface area contributed by atoms with Gasteiger partial charge >= 0.3 is 0 Å². The van der Waals surface area contributed by atoms with E-state index < -0.39 is 12.1 Å². The second-order valence-electron chi connectivity index (χ2n) is 22.8. The predicted molar refractivity (Wildman–Crippen MR) is 314 cm³/mol. The molecule has 0 saturated heterocycles. The molecule has 0 heterocycles. The molecule has 12 heteroatoms. The third-order valence-corrected chi connectivity index (χ3v) is 14.7. The zero-order valence-electron chi connectivity index (χ0n) is 50.2. The van der Waals surface area contributed by atoms with E-state index in [0.717, 1.165) is 38.5 Å². The lowest BCUT2D eigenvalue weighted by Gasteiger charge is -2.34. The molecule has 0 aliphatic heterocycles. The number of hydrogen-bond acceptors (Lipinski definition) is 8. The van der Waals surface area contributed by atoms with Gasteiger partial charge in [-0.25, -0.2) is 0 Å². The summed E-state index contributed by atoms with van der Waals surface area (Å²) >= 11 is 0. The van der Waals surface area contributed by atoms with Crippen LogP contribution in [0.25, 0.3) is 0 Å². The maximum atomic E-state index is 13.6. The lowest BCUT2D eigenvalue weighted by Crippen LogP contribution is -2.54. The quantitative estimate of drug-likeness (QED) is 0.0510. The van der Waals surface area contributed by atoms with Crippen molar-refractivity contribution in [2.75, 3.05) is 79.8 Å². The van der Waals surface area contributed by atoms with E-state index in [9.17, 15) is 19.2 Å². The summed E-state index contributed by atoms with van der Waals surface area (Å²) in [6.07, 6.45) is 45.1. The van der Waals surface area contributed by atoms with Gasteiger partial charge in [0.05, 0.1) is 26.4 Å². The van der Waals surface area contributed by atoms with E-state index in [4.69, 9.17) is 15.2 Å². The average Bonchev–Trinajstić information content (AvgIpc) is 3.36. The molecule has 2 unspecified atom stereocenters. The molecule has 2 atom stereocenters. The number of rotatable bonds is 56. The SMILES string of the molecule is CCCCCCCCCCCCCCCCCCCC(=O)N(CCN)C(C(=O)NCCOCCOCCNC(=O)C(C(C)C)N(CCN(C)C)C(=O)CCCCCCCCCCCCCCCCCCC)C(C)C. The summed E-state index contributed by atoms with van der Waals surface area (Å²) in [5.41, 5.74) is 5.94. The van der Waals surface area contributed by atoms with Crippen molar-refractivity contribution in [3.05, 3.63) is 0 Å². The molecule has 4 amide bonds. The summed E-state index contributed by atoms with van der Waals surface area (Å²) in [5, 5.41) is 6.00. The topological polar surface area (TPSA) is 147 Å². The fraction of sp³-hybridized carbons (Fsp3) is 0.935. The number of ether oxygens (including phenoxy) is 2. The summed E-state index contributed by atoms with van der Waals surface area (Å²) in [5.74, 6) is -0.371. The van der Waals surface area contributed by atoms with Gasteiger partial charge in [0.25, 0.3) is 0 Å². The third kappa shape index (κ3) is 41.8. The number of nitrogens with one attached hydrogen (secondary N) is 2. The predicted octanol–water partition coefficient (Wildman–Crippen LogP) is 13.6. The number of amides is 4. The van der Waals surface area contributed by atoms with Gasteiger partial charge in [-0.15, -0.1) is 0 Å². The number of carbonyl (C=O) groups excluding carboxylic acids is 4. The minimum Gasteiger partial charge on any atom is -0.377 e. The summed E-state index contributed by atoms with van der Waals surface area (Å²) in [6, 6.07) is -1.13. The van der Waals surface area contributed by atoms with E-state index in [2.05, 4.69) is 29.4 Å². The molecule has 12 nitrogen and oxygen atoms in total. The lowest BCUT2D eigenvalue weighted by atomic mass is 10.00. The van der Waals surface area contributed by atoms with Crippen LogP contribution in [0, 0.1) is 11.8 Å². The normalized spacial score (nSPS) is 12.5. The molecule has 0 rings (SSSR count). The van der Waals surface area contributed by atoms with E-state index in [1.807, 2.05) is 41.8 Å². The molecular formula is C62H124N6O6. The van der Waals surface area contributed by atoms with Gasteiger partial charge in [-0.05, 0) is 38.8 Å². The van der Waals surface area contributed by atoms with Gasteiger partial charge in [0, 0.05) is 52.1 Å². The first-order valence-electron chi connectivity index (χ1n) is 31.6. The van der Waals surface area contributed by atoms with E-state index in [0.29, 0.717) is 78.5 Å². The van der Waals surface area contributed by atoms with Gasteiger partial charge in [-0.3, -0.25) is 19.2 Å². The Morgan fingerprint density at radius 2 is 0.662 bits per heavy atom. The van der Waals surface area contributed by atoms with Crippen LogP contribution in [-0.4, -0.2) is 130 Å². The monoisotopic (exact) mass is 1050 g/mol. The molecule has 0 aromatic rings. The summed E-state index contributed by atoms with van der Waals surface area (Å²) < 4.78 is 11.5. The average molecular weight is 1050 g/mol. The Hall–Kier alpha value is -2.28. The summed E-state index contributed by atoms with van der Waals surface area (Å²) in [6.45, 7) is 16.4. The van der Waals surface area contributed by atoms with Crippen molar-refractivity contribution in [1.82, 2.24) is 25.3 Å². The molecule has 0 spiro atoms. The highest BCUT2D eigenvalue weighted by Crippen LogP contribution is 2.20. The zero-order valence-corrected chi connectivity index (χ0v) is 50.2. The largest absolute Gasteiger partial charge is 0.377 e. The van der Waals surface area contributed by atoms with Crippen LogP contribution < -0.4 is 16.4 Å². The van der Waals surface area contributed by atoms with Crippen molar-refractivity contribution in [3.8, 4) is 0 Å². The molecule has 74 heavy (non-hydrogen) atoms. The first-order chi connectivity index (χ1) is 35.9. The number of hydrogen-bond donors (Lipinski definition) is 3. The number of nitrogens with zero attached hydrogens (tertiary/aromatic N) is 3. The van der Waals surface area contributed by atoms with Crippen molar-refractivity contribution in [3.63, 3.8) is 0 Å². The minimum atomic E-state index is -0.586. The van der Waals surface area contributed by atoms with E-state index in [1.54, 1.807) is 9.80 Å². The zero-order chi connectivity index (χ0) is 54.7. The molecule has 0 fully saturated rings. The van der Waals surface area contributed by atoms with Gasteiger partial charge in [0.15, 0.2) is 0 Å². The molecule has 0 aromatic heterocycles. The summed E-state index contributed by atoms with van der Waals surface area (Å²) in [4.78, 5) is 59.6. The summed E-state index contributed by atoms with van der Waals surface area (Å²) in [7, 11) is 3.99. The Kier molecular flexibility index (Phi) is 51.1. The number of likely N-dealkylation sites (N-methyl/N-ethyl adjacent to an activating group) is 1. The van der Waals surface area contributed by atoms with Crippen LogP contribution in [0.15, 0.2) is 0 Å². The van der Waals surface area contributed by atoms with Gasteiger partial charge < -0.3 is 40.5 Å². The first-order valence-corrected chi connectivity index (χ1v) is 31.6. The van der Waals surface area contributed by atoms with Crippen LogP contribution in [-0.2, 0) is 28.7 Å². The van der Waals surface area contributed by atoms with Crippen LogP contribution in [0.4, 0.5) is 0 Å². The smallest absolute Gasteiger partial charge is 0.243 e. The van der Waals surface area contributed by atoms with Crippen molar-refractivity contribution in [2.45, 2.75) is 285 Å². The standard InChI is InChI=1S/C62H124N6O6/c1-9-11-13-15-17-19-21-23-25-27-29-31-33-35-37-39-41-43-57(69)67(48-45-63)59(55(3)4)61(71)64-46-51-73-53-54-74-52-47-65-62(72)60(56(5)6)68(50-49-66(7)8)58(70)44-42-40-38-36-34-32-30-28-26-24-22-20-18-16-14-12-10-2/h55-56,59-60H,9-54,63H2,1-8H3,(H,64,71)(H,65,72). The number of carbonyl (C=O) groups is 4. The van der Waals surface area contributed by atoms with Crippen molar-refractivity contribution >= 4 is 23.6 Å². The molecule has 0 bridgehead atoms. The Balaban J connectivity index is 4.42. The van der Waals surface area contributed by atoms with Crippen LogP contribution in [0.3, 0.4) is 0 Å². The van der Waals surface area contributed by atoms with Gasteiger partial charge in [0.2, 0.25) is 23.6 Å². The highest BCUT2D eigenvalue weighted by molar-refractivity contribution is 5.88. The first kappa shape index (κ1) is 71.7. The Morgan fingerprint density at radius 3 is 0.919 bits per heavy atom. The molecule has 0 aliphatic rings. The second kappa shape index (κ2) is 52.8. The highest BCUT2D eigenvalue weighted by Gasteiger charge is 2.33. The fourth-order valence-corrected chi connectivity index (χ4v) is 10.2. The maximum absolute atomic E-state index is 13.6. The van der Waals surface area contributed by atoms with Crippen LogP contribution in [0.2, 0.25) is 0 Å². The Morgan fingerprint density at radius 1 is 0.392 bits per heavy atom. The fourth-order valence-electron chi connectivity index (χ4n) is 10.2. The molecule has 0 aliphatic carbocycles. The van der Waals surface area contributed by atoms with Crippen molar-refractivity contribution in [2.24, 2.45) is 17.6 Å². The number of unbranched alkanes of at least 4 members (excludes halogenated alkanes) is 32. The third-order valence-electron chi connectivity index (χ3n) is 14.7. The van der Waals surface area contributed by atoms with Gasteiger partial charge in [-0.1, -0.05) is 247 Å². The highest BCUT2D eigenvalue weighted by atomic mass is 16.5. The van der Waals surface area contributed by atoms with Crippen molar-refractivity contribution in [1.29, 1.82) is 0 Å². The van der Waals surface area contributed by atoms with Crippen molar-refractivity contribution < 1.29 is 28.7 Å². The van der Waals surface area contributed by atoms with E-state index >= 15 is 0 Å². The van der Waals surface area contributed by atoms with Gasteiger partial charge in [0.1, 0.15) is 12.1 Å². The van der Waals surface area contributed by atoms with E-state index in [1.165, 1.54) is 180 Å². The molecule has 0 saturated carbocycles. The Labute approximate surface area is 458 Å². The number of nitrogens with two attached hydrogens (primary N) is 1. The van der Waals surface area contributed by atoms with Gasteiger partial charge in [-0.2, -0.15) is 0 Å². The Bertz CT molecular complexity index is 1290. The molecular weight excluding hydrogens is 925 g/mol. The second-order valence-corrected chi connectivity index (χ2v) is 22.8. The van der Waals surface area contributed by atoms with Crippen LogP contribution >= 0.6 is 0 Å².